The highest BCUT2D eigenvalue weighted by atomic mass is 19.1. The van der Waals surface area contributed by atoms with Crippen LogP contribution in [0.1, 0.15) is 88.7 Å². The topological polar surface area (TPSA) is 0 Å². The highest BCUT2D eigenvalue weighted by Gasteiger charge is 2.36. The Hall–Kier alpha value is -1.96. The molecule has 4 atom stereocenters. The number of aryl methyl sites for hydroxylation is 1. The number of fused-ring (bicyclic) bond motifs is 1. The van der Waals surface area contributed by atoms with E-state index in [-0.39, 0.29) is 5.56 Å². The molecule has 4 rings (SSSR count). The van der Waals surface area contributed by atoms with Gasteiger partial charge in [-0.05, 0) is 104 Å². The number of benzene rings is 2. The summed E-state index contributed by atoms with van der Waals surface area (Å²) in [5.74, 6) is 1.93. The van der Waals surface area contributed by atoms with Crippen LogP contribution < -0.4 is 0 Å². The molecule has 0 radical (unpaired) electrons. The summed E-state index contributed by atoms with van der Waals surface area (Å²) in [6, 6.07) is 10.9. The van der Waals surface area contributed by atoms with Crippen molar-refractivity contribution >= 4 is 0 Å². The Morgan fingerprint density at radius 2 is 1.59 bits per heavy atom. The van der Waals surface area contributed by atoms with Crippen LogP contribution >= 0.6 is 0 Å². The van der Waals surface area contributed by atoms with E-state index < -0.39 is 11.6 Å². The summed E-state index contributed by atoms with van der Waals surface area (Å²) in [5.41, 5.74) is 2.79. The van der Waals surface area contributed by atoms with Crippen LogP contribution in [0.4, 0.5) is 8.78 Å². The molecular formula is C30H38F2. The molecule has 0 N–H and O–H groups in total. The molecule has 0 saturated heterocycles. The van der Waals surface area contributed by atoms with Gasteiger partial charge in [0, 0.05) is 0 Å². The molecule has 0 aromatic heterocycles. The van der Waals surface area contributed by atoms with Gasteiger partial charge >= 0.3 is 0 Å². The van der Waals surface area contributed by atoms with Crippen molar-refractivity contribution in [3.63, 3.8) is 0 Å². The van der Waals surface area contributed by atoms with E-state index in [1.54, 1.807) is 12.1 Å². The summed E-state index contributed by atoms with van der Waals surface area (Å²) in [5, 5.41) is 0. The van der Waals surface area contributed by atoms with Crippen molar-refractivity contribution in [1.29, 1.82) is 0 Å². The van der Waals surface area contributed by atoms with Gasteiger partial charge in [0.25, 0.3) is 0 Å². The fourth-order valence-corrected chi connectivity index (χ4v) is 6.32. The van der Waals surface area contributed by atoms with Crippen molar-refractivity contribution in [2.45, 2.75) is 84.0 Å². The first-order valence-corrected chi connectivity index (χ1v) is 12.8. The zero-order valence-corrected chi connectivity index (χ0v) is 19.8. The predicted octanol–water partition coefficient (Wildman–Crippen LogP) is 9.24. The lowest BCUT2D eigenvalue weighted by Crippen LogP contribution is -2.30. The second kappa shape index (κ2) is 10.8. The van der Waals surface area contributed by atoms with Gasteiger partial charge in [0.05, 0.1) is 5.56 Å². The monoisotopic (exact) mass is 436 g/mol. The van der Waals surface area contributed by atoms with E-state index in [4.69, 9.17) is 0 Å². The Kier molecular flexibility index (Phi) is 7.81. The molecule has 0 aliphatic heterocycles. The summed E-state index contributed by atoms with van der Waals surface area (Å²) in [6.45, 7) is 4.30. The van der Waals surface area contributed by atoms with Gasteiger partial charge in [-0.25, -0.2) is 8.78 Å². The van der Waals surface area contributed by atoms with Crippen molar-refractivity contribution in [1.82, 2.24) is 0 Å². The normalized spacial score (nSPS) is 25.8. The maximum atomic E-state index is 15.1. The van der Waals surface area contributed by atoms with Crippen molar-refractivity contribution < 1.29 is 8.78 Å². The van der Waals surface area contributed by atoms with E-state index in [0.717, 1.165) is 49.0 Å². The Balaban J connectivity index is 1.45. The second-order valence-electron chi connectivity index (χ2n) is 10.2. The molecule has 0 heterocycles. The minimum absolute atomic E-state index is 0.113. The summed E-state index contributed by atoms with van der Waals surface area (Å²) >= 11 is 0. The van der Waals surface area contributed by atoms with Crippen molar-refractivity contribution in [3.05, 3.63) is 71.3 Å². The quantitative estimate of drug-likeness (QED) is 0.379. The van der Waals surface area contributed by atoms with Crippen molar-refractivity contribution in [2.75, 3.05) is 0 Å². The van der Waals surface area contributed by atoms with Gasteiger partial charge in [-0.15, -0.1) is 0 Å². The second-order valence-corrected chi connectivity index (χ2v) is 10.2. The maximum absolute atomic E-state index is 15.1. The fraction of sp³-hybridized carbons (Fsp3) is 0.533. The number of rotatable bonds is 7. The predicted molar refractivity (Wildman–Crippen MR) is 131 cm³/mol. The van der Waals surface area contributed by atoms with Gasteiger partial charge in [0.1, 0.15) is 11.6 Å². The van der Waals surface area contributed by atoms with Crippen LogP contribution in [-0.2, 0) is 6.42 Å². The third kappa shape index (κ3) is 5.33. The van der Waals surface area contributed by atoms with Crippen molar-refractivity contribution in [2.24, 2.45) is 17.8 Å². The fourth-order valence-electron chi connectivity index (χ4n) is 6.32. The molecule has 2 fully saturated rings. The van der Waals surface area contributed by atoms with Crippen LogP contribution in [0.5, 0.6) is 0 Å². The van der Waals surface area contributed by atoms with Gasteiger partial charge < -0.3 is 0 Å². The molecule has 2 aromatic rings. The molecule has 32 heavy (non-hydrogen) atoms. The van der Waals surface area contributed by atoms with Gasteiger partial charge in [-0.2, -0.15) is 0 Å². The van der Waals surface area contributed by atoms with Crippen molar-refractivity contribution in [3.8, 4) is 11.1 Å². The molecule has 0 amide bonds. The van der Waals surface area contributed by atoms with E-state index in [1.807, 2.05) is 37.3 Å². The molecule has 0 spiro atoms. The SMILES string of the molecule is CC=CCCc1ccc(-c2c(F)cc(C3CCC4CC(CCC)CCC4C3)cc2F)cc1. The van der Waals surface area contributed by atoms with E-state index in [0.29, 0.717) is 11.5 Å². The van der Waals surface area contributed by atoms with Crippen LogP contribution in [0, 0.1) is 29.4 Å². The zero-order valence-electron chi connectivity index (χ0n) is 19.8. The molecule has 2 aliphatic rings. The number of hydrogen-bond donors (Lipinski definition) is 0. The molecule has 2 heteroatoms. The summed E-state index contributed by atoms with van der Waals surface area (Å²) in [6.07, 6.45) is 16.2. The smallest absolute Gasteiger partial charge is 0.134 e. The molecule has 0 bridgehead atoms. The number of hydrogen-bond acceptors (Lipinski definition) is 0. The molecule has 2 saturated carbocycles. The van der Waals surface area contributed by atoms with Gasteiger partial charge in [-0.3, -0.25) is 0 Å². The Labute approximate surface area is 193 Å². The maximum Gasteiger partial charge on any atom is 0.134 e. The van der Waals surface area contributed by atoms with Crippen LogP contribution in [0.3, 0.4) is 0 Å². The molecule has 2 aromatic carbocycles. The van der Waals surface area contributed by atoms with Crippen LogP contribution in [0.15, 0.2) is 48.6 Å². The molecular weight excluding hydrogens is 398 g/mol. The summed E-state index contributed by atoms with van der Waals surface area (Å²) in [4.78, 5) is 0. The average molecular weight is 437 g/mol. The minimum Gasteiger partial charge on any atom is -0.206 e. The average Bonchev–Trinajstić information content (AvgIpc) is 2.79. The summed E-state index contributed by atoms with van der Waals surface area (Å²) in [7, 11) is 0. The zero-order chi connectivity index (χ0) is 22.5. The first-order chi connectivity index (χ1) is 15.6. The first-order valence-electron chi connectivity index (χ1n) is 12.8. The Bertz CT molecular complexity index is 888. The lowest BCUT2D eigenvalue weighted by molar-refractivity contribution is 0.114. The van der Waals surface area contributed by atoms with Gasteiger partial charge in [0.15, 0.2) is 0 Å². The molecule has 172 valence electrons. The van der Waals surface area contributed by atoms with Crippen LogP contribution in [0.25, 0.3) is 11.1 Å². The highest BCUT2D eigenvalue weighted by Crippen LogP contribution is 2.48. The third-order valence-corrected chi connectivity index (χ3v) is 8.03. The van der Waals surface area contributed by atoms with Gasteiger partial charge in [0.2, 0.25) is 0 Å². The van der Waals surface area contributed by atoms with Gasteiger partial charge in [-0.1, -0.05) is 62.6 Å². The lowest BCUT2D eigenvalue weighted by Gasteiger charge is -2.42. The van der Waals surface area contributed by atoms with E-state index in [9.17, 15) is 0 Å². The largest absolute Gasteiger partial charge is 0.206 e. The minimum atomic E-state index is -0.421. The van der Waals surface area contributed by atoms with E-state index >= 15 is 8.78 Å². The van der Waals surface area contributed by atoms with E-state index in [2.05, 4.69) is 13.0 Å². The summed E-state index contributed by atoms with van der Waals surface area (Å²) < 4.78 is 30.2. The molecule has 0 nitrogen and oxygen atoms in total. The molecule has 2 aliphatic carbocycles. The van der Waals surface area contributed by atoms with Crippen LogP contribution in [0.2, 0.25) is 0 Å². The standard InChI is InChI=1S/C30H38F2/c1-3-5-6-8-21-9-12-23(13-10-21)30-28(31)19-27(20-29(30)32)26-16-15-24-17-22(7-4-2)11-14-25(24)18-26/h3,5,9-10,12-13,19-20,22,24-26H,4,6-8,11,14-18H2,1-2H3. The first kappa shape index (κ1) is 23.2. The Morgan fingerprint density at radius 3 is 2.28 bits per heavy atom. The highest BCUT2D eigenvalue weighted by molar-refractivity contribution is 5.65. The third-order valence-electron chi connectivity index (χ3n) is 8.03. The molecule has 4 unspecified atom stereocenters. The lowest BCUT2D eigenvalue weighted by atomic mass is 9.63. The Morgan fingerprint density at radius 1 is 0.906 bits per heavy atom. The van der Waals surface area contributed by atoms with Crippen LogP contribution in [-0.4, -0.2) is 0 Å². The number of halogens is 2. The number of allylic oxidation sites excluding steroid dienone is 2. The van der Waals surface area contributed by atoms with E-state index in [1.165, 1.54) is 44.1 Å².